The van der Waals surface area contributed by atoms with Crippen molar-refractivity contribution < 1.29 is 13.6 Å². The molecule has 0 heterocycles. The zero-order valence-corrected chi connectivity index (χ0v) is 7.57. The molecule has 0 bridgehead atoms. The highest BCUT2D eigenvalue weighted by molar-refractivity contribution is 6.36. The maximum atomic E-state index is 11.6. The van der Waals surface area contributed by atoms with Gasteiger partial charge in [-0.25, -0.2) is 8.78 Å². The number of halogens is 2. The molecule has 4 heteroatoms. The van der Waals surface area contributed by atoms with Crippen LogP contribution >= 0.6 is 0 Å². The Morgan fingerprint density at radius 1 is 1.45 bits per heavy atom. The number of hydrogen-bond donors (Lipinski definition) is 0. The van der Waals surface area contributed by atoms with Gasteiger partial charge in [0.15, 0.2) is 0 Å². The molecule has 0 aromatic heterocycles. The first-order valence-corrected chi connectivity index (χ1v) is 4.92. The normalized spacial score (nSPS) is 10.5. The van der Waals surface area contributed by atoms with Crippen LogP contribution in [0.15, 0.2) is 0 Å². The fourth-order valence-electron chi connectivity index (χ4n) is 0.710. The Morgan fingerprint density at radius 3 is 2.55 bits per heavy atom. The standard InChI is InChI=1S/C7H12F2OSi/c1-6(10)4-2-3-5-11-7(8)9/h7H,2-5H2,1H3. The molecule has 0 aromatic rings. The first-order valence-electron chi connectivity index (χ1n) is 3.64. The number of hydrogen-bond acceptors (Lipinski definition) is 1. The highest BCUT2D eigenvalue weighted by Gasteiger charge is 2.02. The lowest BCUT2D eigenvalue weighted by Gasteiger charge is -1.96. The summed E-state index contributed by atoms with van der Waals surface area (Å²) in [5, 5.41) is 0. The van der Waals surface area contributed by atoms with Crippen LogP contribution in [0.4, 0.5) is 8.78 Å². The van der Waals surface area contributed by atoms with E-state index in [9.17, 15) is 13.6 Å². The average Bonchev–Trinajstić information content (AvgIpc) is 1.85. The van der Waals surface area contributed by atoms with Crippen molar-refractivity contribution in [3.63, 3.8) is 0 Å². The van der Waals surface area contributed by atoms with Crippen molar-refractivity contribution in [1.29, 1.82) is 0 Å². The summed E-state index contributed by atoms with van der Waals surface area (Å²) >= 11 is 0. The first kappa shape index (κ1) is 10.7. The van der Waals surface area contributed by atoms with Gasteiger partial charge in [-0.05, 0) is 13.3 Å². The van der Waals surface area contributed by atoms with Crippen LogP contribution in [0.25, 0.3) is 0 Å². The van der Waals surface area contributed by atoms with Crippen LogP contribution in [0.2, 0.25) is 6.04 Å². The lowest BCUT2D eigenvalue weighted by molar-refractivity contribution is -0.117. The summed E-state index contributed by atoms with van der Waals surface area (Å²) < 4.78 is 23.1. The molecule has 0 unspecified atom stereocenters. The Hall–Kier alpha value is -0.253. The fraction of sp³-hybridized carbons (Fsp3) is 0.857. The second-order valence-electron chi connectivity index (χ2n) is 2.41. The molecular formula is C7H12F2OSi. The molecule has 0 atom stereocenters. The molecule has 11 heavy (non-hydrogen) atoms. The summed E-state index contributed by atoms with van der Waals surface area (Å²) in [6, 6.07) is -1.60. The van der Waals surface area contributed by atoms with Crippen molar-refractivity contribution in [2.45, 2.75) is 38.3 Å². The van der Waals surface area contributed by atoms with Crippen molar-refractivity contribution in [3.8, 4) is 0 Å². The summed E-state index contributed by atoms with van der Waals surface area (Å²) in [7, 11) is -0.253. The van der Waals surface area contributed by atoms with Crippen LogP contribution in [0.3, 0.4) is 0 Å². The van der Waals surface area contributed by atoms with Gasteiger partial charge < -0.3 is 4.79 Å². The molecule has 0 N–H and O–H groups in total. The lowest BCUT2D eigenvalue weighted by atomic mass is 10.2. The quantitative estimate of drug-likeness (QED) is 0.449. The molecule has 0 aliphatic rings. The average molecular weight is 178 g/mol. The predicted molar refractivity (Wildman–Crippen MR) is 41.1 cm³/mol. The molecular weight excluding hydrogens is 166 g/mol. The highest BCUT2D eigenvalue weighted by Crippen LogP contribution is 2.03. The fourth-order valence-corrected chi connectivity index (χ4v) is 1.38. The van der Waals surface area contributed by atoms with Gasteiger partial charge >= 0.3 is 0 Å². The number of alkyl halides is 2. The van der Waals surface area contributed by atoms with Crippen LogP contribution in [0, 0.1) is 0 Å². The summed E-state index contributed by atoms with van der Waals surface area (Å²) in [4.78, 5) is 10.4. The zero-order valence-electron chi connectivity index (χ0n) is 6.57. The van der Waals surface area contributed by atoms with Gasteiger partial charge in [0.1, 0.15) is 15.3 Å². The third kappa shape index (κ3) is 9.75. The number of ketones is 1. The van der Waals surface area contributed by atoms with E-state index in [2.05, 4.69) is 0 Å². The minimum atomic E-state index is -2.16. The molecule has 0 spiro atoms. The minimum Gasteiger partial charge on any atom is -0.300 e. The van der Waals surface area contributed by atoms with Gasteiger partial charge in [0.2, 0.25) is 6.05 Å². The third-order valence-corrected chi connectivity index (χ3v) is 2.21. The number of rotatable bonds is 6. The smallest absolute Gasteiger partial charge is 0.216 e. The molecule has 0 saturated carbocycles. The maximum absolute atomic E-state index is 11.6. The van der Waals surface area contributed by atoms with E-state index in [1.54, 1.807) is 0 Å². The van der Waals surface area contributed by atoms with Crippen molar-refractivity contribution >= 4 is 15.3 Å². The van der Waals surface area contributed by atoms with Crippen molar-refractivity contribution in [3.05, 3.63) is 0 Å². The highest BCUT2D eigenvalue weighted by atomic mass is 28.2. The zero-order chi connectivity index (χ0) is 8.69. The van der Waals surface area contributed by atoms with Crippen molar-refractivity contribution in [2.75, 3.05) is 0 Å². The first-order chi connectivity index (χ1) is 5.13. The summed E-state index contributed by atoms with van der Waals surface area (Å²) in [6.07, 6.45) is 2.05. The molecule has 2 radical (unpaired) electrons. The minimum absolute atomic E-state index is 0.144. The van der Waals surface area contributed by atoms with Crippen molar-refractivity contribution in [2.24, 2.45) is 0 Å². The monoisotopic (exact) mass is 178 g/mol. The van der Waals surface area contributed by atoms with E-state index in [4.69, 9.17) is 0 Å². The van der Waals surface area contributed by atoms with Gasteiger partial charge in [0.05, 0.1) is 0 Å². The molecule has 64 valence electrons. The van der Waals surface area contributed by atoms with Gasteiger partial charge in [-0.2, -0.15) is 0 Å². The van der Waals surface area contributed by atoms with E-state index in [1.165, 1.54) is 6.92 Å². The van der Waals surface area contributed by atoms with E-state index in [0.29, 0.717) is 12.5 Å². The third-order valence-electron chi connectivity index (χ3n) is 1.25. The number of unbranched alkanes of at least 4 members (excludes halogenated alkanes) is 1. The molecule has 0 aliphatic heterocycles. The molecule has 0 fully saturated rings. The van der Waals surface area contributed by atoms with Crippen LogP contribution in [-0.2, 0) is 4.79 Å². The Labute approximate surface area is 68.0 Å². The Morgan fingerprint density at radius 2 is 2.09 bits per heavy atom. The van der Waals surface area contributed by atoms with Crippen LogP contribution in [0.5, 0.6) is 0 Å². The van der Waals surface area contributed by atoms with E-state index in [-0.39, 0.29) is 15.3 Å². The number of Topliss-reactive ketones (excluding diaryl/α,β-unsaturated/α-hetero) is 1. The number of carbonyl (C=O) groups is 1. The van der Waals surface area contributed by atoms with E-state index < -0.39 is 6.05 Å². The van der Waals surface area contributed by atoms with Gasteiger partial charge in [0, 0.05) is 6.42 Å². The summed E-state index contributed by atoms with van der Waals surface area (Å²) in [5.41, 5.74) is 0. The van der Waals surface area contributed by atoms with Crippen LogP contribution in [-0.4, -0.2) is 21.4 Å². The summed E-state index contributed by atoms with van der Waals surface area (Å²) in [5.74, 6) is 0.144. The molecule has 0 amide bonds. The maximum Gasteiger partial charge on any atom is 0.216 e. The van der Waals surface area contributed by atoms with Crippen LogP contribution < -0.4 is 0 Å². The lowest BCUT2D eigenvalue weighted by Crippen LogP contribution is -2.03. The van der Waals surface area contributed by atoms with E-state index in [0.717, 1.165) is 12.8 Å². The Kier molecular flexibility index (Phi) is 6.31. The van der Waals surface area contributed by atoms with Gasteiger partial charge in [0.25, 0.3) is 0 Å². The molecule has 0 aromatic carbocycles. The Bertz CT molecular complexity index is 117. The summed E-state index contributed by atoms with van der Waals surface area (Å²) in [6.45, 7) is 1.52. The molecule has 0 rings (SSSR count). The van der Waals surface area contributed by atoms with Crippen molar-refractivity contribution in [1.82, 2.24) is 0 Å². The molecule has 0 saturated heterocycles. The second-order valence-corrected chi connectivity index (χ2v) is 3.76. The largest absolute Gasteiger partial charge is 0.300 e. The Balaban J connectivity index is 2.97. The van der Waals surface area contributed by atoms with E-state index in [1.807, 2.05) is 0 Å². The second kappa shape index (κ2) is 6.46. The van der Waals surface area contributed by atoms with Gasteiger partial charge in [-0.1, -0.05) is 12.5 Å². The SMILES string of the molecule is CC(=O)CCCC[Si]C(F)F. The van der Waals surface area contributed by atoms with Crippen LogP contribution in [0.1, 0.15) is 26.2 Å². The van der Waals surface area contributed by atoms with Gasteiger partial charge in [-0.15, -0.1) is 0 Å². The molecule has 1 nitrogen and oxygen atoms in total. The van der Waals surface area contributed by atoms with Gasteiger partial charge in [-0.3, -0.25) is 0 Å². The number of carbonyl (C=O) groups excluding carboxylic acids is 1. The predicted octanol–water partition coefficient (Wildman–Crippen LogP) is 2.09. The molecule has 0 aliphatic carbocycles. The topological polar surface area (TPSA) is 17.1 Å². The van der Waals surface area contributed by atoms with E-state index >= 15 is 0 Å².